The highest BCUT2D eigenvalue weighted by Gasteiger charge is 2.21. The average Bonchev–Trinajstić information content (AvgIpc) is 2.68. The number of methoxy groups -OCH3 is 1. The number of esters is 1. The Hall–Kier alpha value is -3.00. The van der Waals surface area contributed by atoms with Gasteiger partial charge in [-0.25, -0.2) is 14.8 Å². The summed E-state index contributed by atoms with van der Waals surface area (Å²) in [6.07, 6.45) is 2.97. The van der Waals surface area contributed by atoms with E-state index in [9.17, 15) is 9.59 Å². The summed E-state index contributed by atoms with van der Waals surface area (Å²) in [5.41, 5.74) is 1.44. The van der Waals surface area contributed by atoms with Gasteiger partial charge in [0.05, 0.1) is 25.1 Å². The molecule has 0 radical (unpaired) electrons. The van der Waals surface area contributed by atoms with Gasteiger partial charge in [-0.05, 0) is 25.2 Å². The molecule has 2 heterocycles. The molecule has 1 fully saturated rings. The quantitative estimate of drug-likeness (QED) is 0.829. The summed E-state index contributed by atoms with van der Waals surface area (Å²) in [4.78, 5) is 36.5. The third-order valence-corrected chi connectivity index (χ3v) is 4.22. The maximum atomic E-state index is 12.5. The summed E-state index contributed by atoms with van der Waals surface area (Å²) in [5, 5.41) is 3.06. The van der Waals surface area contributed by atoms with Crippen molar-refractivity contribution in [2.45, 2.75) is 0 Å². The Labute approximate surface area is 151 Å². The number of likely N-dealkylation sites (N-methyl/N-ethyl adjacent to an activating group) is 1. The normalized spacial score (nSPS) is 14.8. The van der Waals surface area contributed by atoms with E-state index in [4.69, 9.17) is 4.74 Å². The van der Waals surface area contributed by atoms with Crippen molar-refractivity contribution in [3.05, 3.63) is 47.9 Å². The van der Waals surface area contributed by atoms with Gasteiger partial charge in [-0.15, -0.1) is 0 Å². The van der Waals surface area contributed by atoms with E-state index in [1.807, 2.05) is 7.05 Å². The van der Waals surface area contributed by atoms with Gasteiger partial charge in [-0.2, -0.15) is 0 Å². The van der Waals surface area contributed by atoms with Crippen molar-refractivity contribution in [3.8, 4) is 0 Å². The first-order valence-electron chi connectivity index (χ1n) is 8.32. The van der Waals surface area contributed by atoms with Crippen molar-refractivity contribution in [3.63, 3.8) is 0 Å². The molecule has 1 aromatic heterocycles. The molecular weight excluding hydrogens is 334 g/mol. The fourth-order valence-electron chi connectivity index (χ4n) is 2.66. The fourth-order valence-corrected chi connectivity index (χ4v) is 2.66. The fraction of sp³-hybridized carbons (Fsp3) is 0.333. The highest BCUT2D eigenvalue weighted by molar-refractivity contribution is 5.92. The number of nitrogens with zero attached hydrogens (tertiary/aromatic N) is 4. The van der Waals surface area contributed by atoms with Gasteiger partial charge in [0.2, 0.25) is 0 Å². The molecule has 1 aliphatic rings. The van der Waals surface area contributed by atoms with Gasteiger partial charge in [-0.3, -0.25) is 4.79 Å². The van der Waals surface area contributed by atoms with Gasteiger partial charge in [-0.1, -0.05) is 6.07 Å². The second kappa shape index (κ2) is 7.92. The van der Waals surface area contributed by atoms with Crippen LogP contribution in [0.15, 0.2) is 36.7 Å². The molecule has 3 rings (SSSR count). The minimum absolute atomic E-state index is 0.107. The Kier molecular flexibility index (Phi) is 5.43. The summed E-state index contributed by atoms with van der Waals surface area (Å²) < 4.78 is 4.71. The van der Waals surface area contributed by atoms with E-state index >= 15 is 0 Å². The number of carbonyl (C=O) groups is 2. The number of hydrogen-bond acceptors (Lipinski definition) is 7. The van der Waals surface area contributed by atoms with Crippen LogP contribution >= 0.6 is 0 Å². The molecular formula is C18H21N5O3. The summed E-state index contributed by atoms with van der Waals surface area (Å²) in [6, 6.07) is 6.88. The van der Waals surface area contributed by atoms with E-state index in [1.165, 1.54) is 19.5 Å². The lowest BCUT2D eigenvalue weighted by molar-refractivity contribution is 0.0599. The number of hydrogen-bond donors (Lipinski definition) is 1. The summed E-state index contributed by atoms with van der Waals surface area (Å²) in [5.74, 6) is -0.0281. The average molecular weight is 355 g/mol. The summed E-state index contributed by atoms with van der Waals surface area (Å²) in [7, 11) is 3.38. The van der Waals surface area contributed by atoms with Gasteiger partial charge in [0, 0.05) is 31.9 Å². The molecule has 8 nitrogen and oxygen atoms in total. The summed E-state index contributed by atoms with van der Waals surface area (Å²) >= 11 is 0. The lowest BCUT2D eigenvalue weighted by atomic mass is 10.2. The van der Waals surface area contributed by atoms with Crippen molar-refractivity contribution in [2.24, 2.45) is 0 Å². The van der Waals surface area contributed by atoms with Crippen molar-refractivity contribution in [1.29, 1.82) is 0 Å². The molecule has 0 bridgehead atoms. The zero-order valence-electron chi connectivity index (χ0n) is 14.8. The van der Waals surface area contributed by atoms with Crippen molar-refractivity contribution < 1.29 is 14.3 Å². The molecule has 0 saturated carbocycles. The molecule has 8 heteroatoms. The molecule has 1 N–H and O–H groups in total. The number of piperazine rings is 1. The highest BCUT2D eigenvalue weighted by atomic mass is 16.5. The number of ether oxygens (including phenoxy) is 1. The molecule has 1 aliphatic heterocycles. The van der Waals surface area contributed by atoms with Crippen LogP contribution in [0.3, 0.4) is 0 Å². The first-order valence-corrected chi connectivity index (χ1v) is 8.32. The van der Waals surface area contributed by atoms with Crippen LogP contribution < -0.4 is 5.32 Å². The van der Waals surface area contributed by atoms with E-state index in [-0.39, 0.29) is 5.91 Å². The number of rotatable bonds is 4. The number of anilines is 2. The molecule has 0 spiro atoms. The zero-order chi connectivity index (χ0) is 18.5. The monoisotopic (exact) mass is 355 g/mol. The number of amides is 1. The Bertz CT molecular complexity index is 786. The second-order valence-corrected chi connectivity index (χ2v) is 6.08. The summed E-state index contributed by atoms with van der Waals surface area (Å²) in [6.45, 7) is 3.10. The Morgan fingerprint density at radius 1 is 1.12 bits per heavy atom. The maximum absolute atomic E-state index is 12.5. The van der Waals surface area contributed by atoms with Crippen LogP contribution in [0.25, 0.3) is 0 Å². The smallest absolute Gasteiger partial charge is 0.337 e. The van der Waals surface area contributed by atoms with Gasteiger partial charge < -0.3 is 19.9 Å². The number of nitrogens with one attached hydrogen (secondary N) is 1. The zero-order valence-corrected chi connectivity index (χ0v) is 14.8. The van der Waals surface area contributed by atoms with Crippen molar-refractivity contribution in [1.82, 2.24) is 19.8 Å². The van der Waals surface area contributed by atoms with Crippen molar-refractivity contribution >= 4 is 23.4 Å². The highest BCUT2D eigenvalue weighted by Crippen LogP contribution is 2.16. The van der Waals surface area contributed by atoms with Crippen molar-refractivity contribution in [2.75, 3.05) is 45.7 Å². The maximum Gasteiger partial charge on any atom is 0.337 e. The van der Waals surface area contributed by atoms with Crippen LogP contribution in [-0.4, -0.2) is 72.0 Å². The van der Waals surface area contributed by atoms with Crippen LogP contribution in [0.1, 0.15) is 20.8 Å². The van der Waals surface area contributed by atoms with Crippen LogP contribution in [0.5, 0.6) is 0 Å². The lowest BCUT2D eigenvalue weighted by Crippen LogP contribution is -2.47. The van der Waals surface area contributed by atoms with E-state index in [2.05, 4.69) is 20.2 Å². The molecule has 0 atom stereocenters. The minimum atomic E-state index is -0.409. The molecule has 1 saturated heterocycles. The minimum Gasteiger partial charge on any atom is -0.465 e. The third-order valence-electron chi connectivity index (χ3n) is 4.22. The Morgan fingerprint density at radius 2 is 1.88 bits per heavy atom. The van der Waals surface area contributed by atoms with E-state index in [1.54, 1.807) is 29.2 Å². The first kappa shape index (κ1) is 17.8. The van der Waals surface area contributed by atoms with E-state index in [0.717, 1.165) is 13.1 Å². The van der Waals surface area contributed by atoms with E-state index < -0.39 is 5.97 Å². The number of aromatic nitrogens is 2. The number of carbonyl (C=O) groups excluding carboxylic acids is 2. The van der Waals surface area contributed by atoms with Crippen LogP contribution in [-0.2, 0) is 4.74 Å². The largest absolute Gasteiger partial charge is 0.465 e. The van der Waals surface area contributed by atoms with Gasteiger partial charge in [0.1, 0.15) is 11.5 Å². The molecule has 136 valence electrons. The molecule has 1 amide bonds. The number of benzene rings is 1. The van der Waals surface area contributed by atoms with Gasteiger partial charge in [0.15, 0.2) is 0 Å². The lowest BCUT2D eigenvalue weighted by Gasteiger charge is -2.32. The predicted molar refractivity (Wildman–Crippen MR) is 96.5 cm³/mol. The van der Waals surface area contributed by atoms with Crippen LogP contribution in [0.2, 0.25) is 0 Å². The second-order valence-electron chi connectivity index (χ2n) is 6.08. The Balaban J connectivity index is 1.66. The molecule has 0 aliphatic carbocycles. The predicted octanol–water partition coefficient (Wildman–Crippen LogP) is 1.39. The van der Waals surface area contributed by atoms with Gasteiger partial charge >= 0.3 is 5.97 Å². The third kappa shape index (κ3) is 4.15. The van der Waals surface area contributed by atoms with Gasteiger partial charge in [0.25, 0.3) is 5.91 Å². The SMILES string of the molecule is COC(=O)c1cccc(Nc2cnc(C(=O)N3CCN(C)CC3)cn2)c1. The standard InChI is InChI=1S/C18H21N5O3/c1-22-6-8-23(9-7-22)17(24)15-11-20-16(12-19-15)21-14-5-3-4-13(10-14)18(25)26-2/h3-5,10-12H,6-9H2,1-2H3,(H,20,21). The van der Waals surface area contributed by atoms with Crippen LogP contribution in [0.4, 0.5) is 11.5 Å². The molecule has 0 unspecified atom stereocenters. The topological polar surface area (TPSA) is 87.7 Å². The molecule has 26 heavy (non-hydrogen) atoms. The van der Waals surface area contributed by atoms with Crippen LogP contribution in [0, 0.1) is 0 Å². The first-order chi connectivity index (χ1) is 12.6. The molecule has 2 aromatic rings. The van der Waals surface area contributed by atoms with E-state index in [0.29, 0.717) is 35.9 Å². The molecule has 1 aromatic carbocycles. The Morgan fingerprint density at radius 3 is 2.54 bits per heavy atom.